The molecule has 0 aliphatic rings. The lowest BCUT2D eigenvalue weighted by Gasteiger charge is -2.13. The Morgan fingerprint density at radius 3 is 2.80 bits per heavy atom. The number of aryl methyl sites for hydroxylation is 1. The van der Waals surface area contributed by atoms with E-state index in [0.29, 0.717) is 6.54 Å². The van der Waals surface area contributed by atoms with Crippen LogP contribution in [-0.2, 0) is 28.3 Å². The topological polar surface area (TPSA) is 79.9 Å². The Kier molecular flexibility index (Phi) is 5.50. The van der Waals surface area contributed by atoms with E-state index >= 15 is 0 Å². The average Bonchev–Trinajstić information content (AvgIpc) is 3.11. The van der Waals surface area contributed by atoms with Crippen LogP contribution in [0, 0.1) is 0 Å². The Morgan fingerprint density at radius 1 is 1.35 bits per heavy atom. The van der Waals surface area contributed by atoms with Crippen molar-refractivity contribution in [3.8, 4) is 0 Å². The molecule has 0 bridgehead atoms. The summed E-state index contributed by atoms with van der Waals surface area (Å²) in [6.45, 7) is 3.38. The summed E-state index contributed by atoms with van der Waals surface area (Å²) in [6.07, 6.45) is 3.52. The fourth-order valence-electron chi connectivity index (χ4n) is 1.60. The minimum Gasteiger partial charge on any atom is -0.354 e. The first-order chi connectivity index (χ1) is 9.76. The van der Waals surface area contributed by atoms with Crippen LogP contribution in [0.3, 0.4) is 0 Å². The summed E-state index contributed by atoms with van der Waals surface area (Å²) < 4.78 is 13.9. The van der Waals surface area contributed by atoms with E-state index in [1.807, 2.05) is 17.1 Å². The highest BCUT2D eigenvalue weighted by atomic mass is 32.2. The maximum Gasteiger partial charge on any atom is 0.209 e. The predicted molar refractivity (Wildman–Crippen MR) is 73.1 cm³/mol. The third-order valence-corrected chi connectivity index (χ3v) is 3.75. The van der Waals surface area contributed by atoms with Gasteiger partial charge >= 0.3 is 0 Å². The molecule has 110 valence electrons. The lowest BCUT2D eigenvalue weighted by Crippen LogP contribution is -2.21. The maximum atomic E-state index is 5.15. The lowest BCUT2D eigenvalue weighted by atomic mass is 10.4. The van der Waals surface area contributed by atoms with Gasteiger partial charge in [0.15, 0.2) is 6.29 Å². The van der Waals surface area contributed by atoms with Crippen LogP contribution in [0.4, 0.5) is 0 Å². The third-order valence-electron chi connectivity index (χ3n) is 2.73. The van der Waals surface area contributed by atoms with Crippen molar-refractivity contribution in [3.05, 3.63) is 18.0 Å². The Balaban J connectivity index is 1.94. The smallest absolute Gasteiger partial charge is 0.209 e. The van der Waals surface area contributed by atoms with Gasteiger partial charge in [0.05, 0.1) is 12.7 Å². The average molecular weight is 298 g/mol. The molecule has 2 heterocycles. The number of tetrazole rings is 1. The van der Waals surface area contributed by atoms with E-state index in [2.05, 4.69) is 27.5 Å². The number of hydrogen-bond acceptors (Lipinski definition) is 7. The van der Waals surface area contributed by atoms with Crippen molar-refractivity contribution >= 4 is 11.8 Å². The molecule has 0 fully saturated rings. The fourth-order valence-corrected chi connectivity index (χ4v) is 2.40. The molecule has 0 aliphatic carbocycles. The van der Waals surface area contributed by atoms with Gasteiger partial charge < -0.3 is 9.47 Å². The number of rotatable bonds is 8. The van der Waals surface area contributed by atoms with Crippen molar-refractivity contribution < 1.29 is 9.47 Å². The molecule has 0 amide bonds. The normalized spacial score (nSPS) is 11.4. The van der Waals surface area contributed by atoms with Gasteiger partial charge in [-0.1, -0.05) is 11.8 Å². The van der Waals surface area contributed by atoms with Gasteiger partial charge in [-0.15, -0.1) is 5.10 Å². The van der Waals surface area contributed by atoms with Gasteiger partial charge in [-0.25, -0.2) is 4.68 Å². The van der Waals surface area contributed by atoms with Gasteiger partial charge in [-0.2, -0.15) is 5.10 Å². The van der Waals surface area contributed by atoms with Crippen molar-refractivity contribution in [2.45, 2.75) is 37.2 Å². The summed E-state index contributed by atoms with van der Waals surface area (Å²) in [6, 6.07) is 0. The Bertz CT molecular complexity index is 524. The molecule has 0 radical (unpaired) electrons. The number of hydrogen-bond donors (Lipinski definition) is 0. The van der Waals surface area contributed by atoms with Gasteiger partial charge in [0.25, 0.3) is 0 Å². The van der Waals surface area contributed by atoms with Crippen molar-refractivity contribution in [2.75, 3.05) is 14.2 Å². The molecule has 0 saturated carbocycles. The quantitative estimate of drug-likeness (QED) is 0.527. The van der Waals surface area contributed by atoms with Crippen molar-refractivity contribution in [1.82, 2.24) is 30.0 Å². The van der Waals surface area contributed by atoms with E-state index in [1.54, 1.807) is 30.7 Å². The van der Waals surface area contributed by atoms with Gasteiger partial charge in [-0.05, 0) is 17.4 Å². The molecule has 0 spiro atoms. The monoisotopic (exact) mass is 298 g/mol. The van der Waals surface area contributed by atoms with Crippen molar-refractivity contribution in [3.63, 3.8) is 0 Å². The van der Waals surface area contributed by atoms with Crippen LogP contribution in [0.25, 0.3) is 0 Å². The summed E-state index contributed by atoms with van der Waals surface area (Å²) >= 11 is 1.56. The molecule has 0 aromatic carbocycles. The molecule has 8 nitrogen and oxygen atoms in total. The predicted octanol–water partition coefficient (Wildman–Crippen LogP) is 0.801. The summed E-state index contributed by atoms with van der Waals surface area (Å²) in [5.74, 6) is 0.769. The van der Waals surface area contributed by atoms with E-state index in [4.69, 9.17) is 9.47 Å². The van der Waals surface area contributed by atoms with Crippen molar-refractivity contribution in [1.29, 1.82) is 0 Å². The number of methoxy groups -OCH3 is 2. The fraction of sp³-hybridized carbons (Fsp3) is 0.636. The standard InChI is InChI=1S/C11H18N6O2S/c1-4-16-6-9(5-12-16)8-20-11-13-14-15-17(11)7-10(18-2)19-3/h5-6,10H,4,7-8H2,1-3H3. The van der Waals surface area contributed by atoms with Crippen LogP contribution in [0.2, 0.25) is 0 Å². The molecule has 0 atom stereocenters. The number of nitrogens with zero attached hydrogens (tertiary/aromatic N) is 6. The molecule has 2 rings (SSSR count). The molecule has 0 N–H and O–H groups in total. The molecular formula is C11H18N6O2S. The molecule has 0 aliphatic heterocycles. The van der Waals surface area contributed by atoms with Crippen LogP contribution in [-0.4, -0.2) is 50.5 Å². The third kappa shape index (κ3) is 3.78. The number of ether oxygens (including phenoxy) is 2. The van der Waals surface area contributed by atoms with Gasteiger partial charge in [0.2, 0.25) is 5.16 Å². The molecule has 0 saturated heterocycles. The summed E-state index contributed by atoms with van der Waals surface area (Å²) in [4.78, 5) is 0. The van der Waals surface area contributed by atoms with E-state index in [0.717, 1.165) is 23.0 Å². The van der Waals surface area contributed by atoms with Crippen molar-refractivity contribution in [2.24, 2.45) is 0 Å². The molecule has 0 unspecified atom stereocenters. The Labute approximate surface area is 121 Å². The van der Waals surface area contributed by atoms with E-state index < -0.39 is 0 Å². The largest absolute Gasteiger partial charge is 0.354 e. The maximum absolute atomic E-state index is 5.15. The summed E-state index contributed by atoms with van der Waals surface area (Å²) in [5, 5.41) is 16.6. The second kappa shape index (κ2) is 7.36. The van der Waals surface area contributed by atoms with Gasteiger partial charge in [-0.3, -0.25) is 4.68 Å². The zero-order chi connectivity index (χ0) is 14.4. The van der Waals surface area contributed by atoms with Gasteiger partial charge in [0.1, 0.15) is 0 Å². The minimum atomic E-state index is -0.360. The highest BCUT2D eigenvalue weighted by molar-refractivity contribution is 7.98. The molecular weight excluding hydrogens is 280 g/mol. The second-order valence-corrected chi connectivity index (χ2v) is 4.98. The first-order valence-electron chi connectivity index (χ1n) is 6.22. The number of thioether (sulfide) groups is 1. The minimum absolute atomic E-state index is 0.360. The zero-order valence-corrected chi connectivity index (χ0v) is 12.6. The van der Waals surface area contributed by atoms with Crippen LogP contribution in [0.1, 0.15) is 12.5 Å². The van der Waals surface area contributed by atoms with Crippen LogP contribution in [0.5, 0.6) is 0 Å². The first kappa shape index (κ1) is 14.9. The summed E-state index contributed by atoms with van der Waals surface area (Å²) in [7, 11) is 3.18. The zero-order valence-electron chi connectivity index (χ0n) is 11.8. The van der Waals surface area contributed by atoms with E-state index in [-0.39, 0.29) is 6.29 Å². The second-order valence-electron chi connectivity index (χ2n) is 4.04. The van der Waals surface area contributed by atoms with Crippen LogP contribution < -0.4 is 0 Å². The Morgan fingerprint density at radius 2 is 2.15 bits per heavy atom. The number of aromatic nitrogens is 6. The Hall–Kier alpha value is -1.45. The highest BCUT2D eigenvalue weighted by Crippen LogP contribution is 2.19. The molecule has 20 heavy (non-hydrogen) atoms. The van der Waals surface area contributed by atoms with Gasteiger partial charge in [0, 0.05) is 38.3 Å². The van der Waals surface area contributed by atoms with E-state index in [1.165, 1.54) is 0 Å². The highest BCUT2D eigenvalue weighted by Gasteiger charge is 2.13. The molecule has 2 aromatic rings. The SMILES string of the molecule is CCn1cc(CSc2nnnn2CC(OC)OC)cn1. The first-order valence-corrected chi connectivity index (χ1v) is 7.21. The molecule has 2 aromatic heterocycles. The van der Waals surface area contributed by atoms with Crippen LogP contribution in [0.15, 0.2) is 17.6 Å². The lowest BCUT2D eigenvalue weighted by molar-refractivity contribution is -0.113. The molecule has 9 heteroatoms. The van der Waals surface area contributed by atoms with E-state index in [9.17, 15) is 0 Å². The summed E-state index contributed by atoms with van der Waals surface area (Å²) in [5.41, 5.74) is 1.14. The van der Waals surface area contributed by atoms with Crippen LogP contribution >= 0.6 is 11.8 Å².